The van der Waals surface area contributed by atoms with Gasteiger partial charge in [-0.2, -0.15) is 0 Å². The average Bonchev–Trinajstić information content (AvgIpc) is 3.15. The van der Waals surface area contributed by atoms with Crippen molar-refractivity contribution in [3.8, 4) is 11.5 Å². The molecule has 0 radical (unpaired) electrons. The maximum atomic E-state index is 12.7. The third-order valence-corrected chi connectivity index (χ3v) is 6.21. The number of nitrogens with zero attached hydrogens (tertiary/aromatic N) is 2. The van der Waals surface area contributed by atoms with Crippen molar-refractivity contribution in [2.75, 3.05) is 19.2 Å². The Balaban J connectivity index is 1.52. The molecule has 0 aromatic heterocycles. The number of amidine groups is 1. The zero-order valence-electron chi connectivity index (χ0n) is 14.8. The highest BCUT2D eigenvalue weighted by molar-refractivity contribution is 14.1. The molecule has 9 heteroatoms. The van der Waals surface area contributed by atoms with Gasteiger partial charge >= 0.3 is 0 Å². The second-order valence-electron chi connectivity index (χ2n) is 6.19. The van der Waals surface area contributed by atoms with E-state index in [1.165, 1.54) is 16.7 Å². The summed E-state index contributed by atoms with van der Waals surface area (Å²) in [6, 6.07) is 12.8. The second kappa shape index (κ2) is 8.00. The monoisotopic (exact) mass is 509 g/mol. The fourth-order valence-electron chi connectivity index (χ4n) is 2.72. The highest BCUT2D eigenvalue weighted by Crippen LogP contribution is 2.36. The number of hydrogen-bond donors (Lipinski definition) is 1. The van der Waals surface area contributed by atoms with Crippen molar-refractivity contribution in [3.63, 3.8) is 0 Å². The lowest BCUT2D eigenvalue weighted by Crippen LogP contribution is -2.43. The van der Waals surface area contributed by atoms with E-state index in [0.717, 1.165) is 3.57 Å². The third kappa shape index (κ3) is 4.09. The molecule has 2 heterocycles. The molecule has 1 fully saturated rings. The van der Waals surface area contributed by atoms with Gasteiger partial charge in [-0.25, -0.2) is 4.99 Å². The van der Waals surface area contributed by atoms with Crippen LogP contribution < -0.4 is 14.8 Å². The molecule has 144 valence electrons. The molecule has 0 bridgehead atoms. The molecular formula is C19H16IN3O4S. The van der Waals surface area contributed by atoms with Crippen LogP contribution in [0, 0.1) is 3.57 Å². The van der Waals surface area contributed by atoms with Gasteiger partial charge in [-0.3, -0.25) is 14.5 Å². The first-order chi connectivity index (χ1) is 13.5. The summed E-state index contributed by atoms with van der Waals surface area (Å²) in [5.41, 5.74) is 1.33. The molecule has 4 rings (SSSR count). The van der Waals surface area contributed by atoms with Gasteiger partial charge in [0.2, 0.25) is 18.6 Å². The summed E-state index contributed by atoms with van der Waals surface area (Å²) in [6.07, 6.45) is 0.123. The molecule has 1 saturated heterocycles. The Hall–Kier alpha value is -2.27. The highest BCUT2D eigenvalue weighted by Gasteiger charge is 2.34. The summed E-state index contributed by atoms with van der Waals surface area (Å²) < 4.78 is 11.7. The van der Waals surface area contributed by atoms with Crippen LogP contribution in [0.1, 0.15) is 6.42 Å². The first kappa shape index (κ1) is 19.1. The lowest BCUT2D eigenvalue weighted by atomic mass is 10.2. The van der Waals surface area contributed by atoms with Crippen molar-refractivity contribution in [2.24, 2.45) is 4.99 Å². The van der Waals surface area contributed by atoms with Gasteiger partial charge in [0.05, 0.1) is 5.69 Å². The number of anilines is 1. The maximum Gasteiger partial charge on any atom is 0.238 e. The predicted molar refractivity (Wildman–Crippen MR) is 116 cm³/mol. The molecule has 1 atom stereocenters. The number of nitrogens with one attached hydrogen (secondary N) is 1. The van der Waals surface area contributed by atoms with Crippen molar-refractivity contribution in [1.29, 1.82) is 0 Å². The largest absolute Gasteiger partial charge is 0.454 e. The van der Waals surface area contributed by atoms with E-state index in [-0.39, 0.29) is 25.0 Å². The van der Waals surface area contributed by atoms with Crippen LogP contribution in [0.2, 0.25) is 0 Å². The summed E-state index contributed by atoms with van der Waals surface area (Å²) in [7, 11) is 1.66. The molecule has 0 spiro atoms. The van der Waals surface area contributed by atoms with Gasteiger partial charge in [0.15, 0.2) is 16.7 Å². The summed E-state index contributed by atoms with van der Waals surface area (Å²) >= 11 is 3.47. The van der Waals surface area contributed by atoms with Crippen molar-refractivity contribution in [3.05, 3.63) is 46.0 Å². The molecule has 2 aliphatic rings. The van der Waals surface area contributed by atoms with Crippen molar-refractivity contribution < 1.29 is 19.1 Å². The van der Waals surface area contributed by atoms with E-state index in [1.807, 2.05) is 24.3 Å². The molecule has 2 amide bonds. The van der Waals surface area contributed by atoms with E-state index >= 15 is 0 Å². The van der Waals surface area contributed by atoms with Gasteiger partial charge in [-0.1, -0.05) is 11.8 Å². The minimum Gasteiger partial charge on any atom is -0.454 e. The number of fused-ring (bicyclic) bond motifs is 1. The lowest BCUT2D eigenvalue weighted by molar-refractivity contribution is -0.128. The average molecular weight is 509 g/mol. The summed E-state index contributed by atoms with van der Waals surface area (Å²) in [6.45, 7) is 0.184. The third-order valence-electron chi connectivity index (χ3n) is 4.25. The second-order valence-corrected chi connectivity index (χ2v) is 8.61. The SMILES string of the molecule is CN1C(=O)C[C@H](C(=O)Nc2ccc(I)cc2)SC1=Nc1ccc2c(c1)OCO2. The van der Waals surface area contributed by atoms with Crippen LogP contribution >= 0.6 is 34.4 Å². The molecule has 1 N–H and O–H groups in total. The number of carbonyl (C=O) groups is 2. The Morgan fingerprint density at radius 1 is 1.21 bits per heavy atom. The zero-order chi connectivity index (χ0) is 19.7. The van der Waals surface area contributed by atoms with E-state index < -0.39 is 5.25 Å². The van der Waals surface area contributed by atoms with Gasteiger partial charge < -0.3 is 14.8 Å². The number of rotatable bonds is 3. The number of ether oxygens (including phenoxy) is 2. The number of amides is 2. The van der Waals surface area contributed by atoms with Crippen molar-refractivity contribution >= 4 is 62.7 Å². The summed E-state index contributed by atoms with van der Waals surface area (Å²) in [5, 5.41) is 2.79. The van der Waals surface area contributed by atoms with Gasteiger partial charge in [0, 0.05) is 28.8 Å². The van der Waals surface area contributed by atoms with Crippen LogP contribution in [0.25, 0.3) is 0 Å². The zero-order valence-corrected chi connectivity index (χ0v) is 17.8. The van der Waals surface area contributed by atoms with E-state index in [1.54, 1.807) is 25.2 Å². The van der Waals surface area contributed by atoms with E-state index in [0.29, 0.717) is 28.0 Å². The fourth-order valence-corrected chi connectivity index (χ4v) is 4.14. The minimum absolute atomic E-state index is 0.123. The predicted octanol–water partition coefficient (Wildman–Crippen LogP) is 3.61. The number of halogens is 1. The van der Waals surface area contributed by atoms with Crippen molar-refractivity contribution in [2.45, 2.75) is 11.7 Å². The van der Waals surface area contributed by atoms with Crippen LogP contribution in [0.5, 0.6) is 11.5 Å². The molecule has 0 saturated carbocycles. The first-order valence-corrected chi connectivity index (χ1v) is 10.4. The highest BCUT2D eigenvalue weighted by atomic mass is 127. The van der Waals surface area contributed by atoms with Crippen molar-refractivity contribution in [1.82, 2.24) is 4.90 Å². The Kier molecular flexibility index (Phi) is 5.44. The van der Waals surface area contributed by atoms with Gasteiger partial charge in [0.25, 0.3) is 0 Å². The summed E-state index contributed by atoms with van der Waals surface area (Å²) in [4.78, 5) is 31.1. The van der Waals surface area contributed by atoms with Crippen LogP contribution in [0.3, 0.4) is 0 Å². The fraction of sp³-hybridized carbons (Fsp3) is 0.211. The van der Waals surface area contributed by atoms with E-state index in [2.05, 4.69) is 32.9 Å². The van der Waals surface area contributed by atoms with Crippen LogP contribution in [0.15, 0.2) is 47.5 Å². The van der Waals surface area contributed by atoms with Crippen LogP contribution in [-0.4, -0.2) is 41.0 Å². The van der Waals surface area contributed by atoms with Gasteiger partial charge in [-0.15, -0.1) is 0 Å². The molecule has 0 unspecified atom stereocenters. The van der Waals surface area contributed by atoms with Crippen LogP contribution in [-0.2, 0) is 9.59 Å². The molecule has 7 nitrogen and oxygen atoms in total. The standard InChI is InChI=1S/C19H16IN3O4S/c1-23-17(24)9-16(18(25)21-12-4-2-11(20)3-5-12)28-19(23)22-13-6-7-14-15(8-13)27-10-26-14/h2-8,16H,9-10H2,1H3,(H,21,25)/t16-/m1/s1. The molecule has 0 aliphatic carbocycles. The Labute approximate surface area is 179 Å². The Morgan fingerprint density at radius 3 is 2.75 bits per heavy atom. The smallest absolute Gasteiger partial charge is 0.238 e. The first-order valence-electron chi connectivity index (χ1n) is 8.47. The maximum absolute atomic E-state index is 12.7. The number of hydrogen-bond acceptors (Lipinski definition) is 6. The molecule has 2 aromatic carbocycles. The number of carbonyl (C=O) groups excluding carboxylic acids is 2. The quantitative estimate of drug-likeness (QED) is 0.640. The number of benzene rings is 2. The Bertz CT molecular complexity index is 964. The minimum atomic E-state index is -0.546. The van der Waals surface area contributed by atoms with Gasteiger partial charge in [-0.05, 0) is 59.0 Å². The molecule has 28 heavy (non-hydrogen) atoms. The van der Waals surface area contributed by atoms with Gasteiger partial charge in [0.1, 0.15) is 5.25 Å². The van der Waals surface area contributed by atoms with E-state index in [9.17, 15) is 9.59 Å². The van der Waals surface area contributed by atoms with E-state index in [4.69, 9.17) is 9.47 Å². The lowest BCUT2D eigenvalue weighted by Gasteiger charge is -2.28. The number of thioether (sulfide) groups is 1. The van der Waals surface area contributed by atoms with Crippen LogP contribution in [0.4, 0.5) is 11.4 Å². The molecular weight excluding hydrogens is 493 g/mol. The summed E-state index contributed by atoms with van der Waals surface area (Å²) in [5.74, 6) is 0.913. The topological polar surface area (TPSA) is 80.2 Å². The normalized spacial score (nSPS) is 19.8. The number of aliphatic imine (C=N–C) groups is 1. The Morgan fingerprint density at radius 2 is 1.96 bits per heavy atom. The molecule has 2 aromatic rings. The molecule has 2 aliphatic heterocycles.